The molecule has 0 bridgehead atoms. The first-order valence-electron chi connectivity index (χ1n) is 9.32. The molecule has 0 unspecified atom stereocenters. The second-order valence-electron chi connectivity index (χ2n) is 5.96. The summed E-state index contributed by atoms with van der Waals surface area (Å²) in [6, 6.07) is 10.7. The molecule has 0 heterocycles. The first kappa shape index (κ1) is 24.1. The number of hydrogen-bond acceptors (Lipinski definition) is 6. The number of nitriles is 1. The van der Waals surface area contributed by atoms with Gasteiger partial charge in [0.05, 0.1) is 22.5 Å². The molecule has 9 heteroatoms. The third kappa shape index (κ3) is 6.96. The molecule has 31 heavy (non-hydrogen) atoms. The summed E-state index contributed by atoms with van der Waals surface area (Å²) in [7, 11) is 0. The highest BCUT2D eigenvalue weighted by molar-refractivity contribution is 14.1. The Balaban J connectivity index is 2.30. The van der Waals surface area contributed by atoms with Gasteiger partial charge >= 0.3 is 5.97 Å². The van der Waals surface area contributed by atoms with E-state index in [1.165, 1.54) is 24.3 Å². The van der Waals surface area contributed by atoms with Crippen LogP contribution in [-0.4, -0.2) is 31.7 Å². The van der Waals surface area contributed by atoms with E-state index in [-0.39, 0.29) is 24.5 Å². The summed E-state index contributed by atoms with van der Waals surface area (Å²) in [4.78, 5) is 24.0. The maximum atomic E-state index is 13.8. The number of benzene rings is 2. The minimum Gasteiger partial charge on any atom is -0.490 e. The van der Waals surface area contributed by atoms with Crippen molar-refractivity contribution in [2.45, 2.75) is 13.8 Å². The molecule has 0 spiro atoms. The summed E-state index contributed by atoms with van der Waals surface area (Å²) in [6.07, 6.45) is 1.36. The number of amides is 1. The standard InChI is InChI=1S/C22H20FIN2O5/c1-3-29-19-11-14(10-17(24)21(19)31-13-20(27)30-4-2)9-15(12-25)22(28)26-18-8-6-5-7-16(18)23/h5-11H,3-4,13H2,1-2H3,(H,26,28)/b15-9+. The van der Waals surface area contributed by atoms with E-state index in [1.54, 1.807) is 32.0 Å². The van der Waals surface area contributed by atoms with Gasteiger partial charge in [-0.2, -0.15) is 5.26 Å². The van der Waals surface area contributed by atoms with Crippen molar-refractivity contribution in [1.29, 1.82) is 5.26 Å². The number of carbonyl (C=O) groups is 2. The maximum Gasteiger partial charge on any atom is 0.344 e. The Hall–Kier alpha value is -3.13. The highest BCUT2D eigenvalue weighted by Gasteiger charge is 2.16. The highest BCUT2D eigenvalue weighted by atomic mass is 127. The predicted octanol–water partition coefficient (Wildman–Crippen LogP) is 4.32. The van der Waals surface area contributed by atoms with Gasteiger partial charge in [-0.25, -0.2) is 9.18 Å². The Morgan fingerprint density at radius 3 is 2.58 bits per heavy atom. The molecule has 0 aliphatic heterocycles. The lowest BCUT2D eigenvalue weighted by Crippen LogP contribution is -2.15. The Labute approximate surface area is 192 Å². The van der Waals surface area contributed by atoms with Crippen molar-refractivity contribution < 1.29 is 28.2 Å². The fourth-order valence-electron chi connectivity index (χ4n) is 2.48. The topological polar surface area (TPSA) is 97.7 Å². The molecule has 0 saturated carbocycles. The monoisotopic (exact) mass is 538 g/mol. The lowest BCUT2D eigenvalue weighted by molar-refractivity contribution is -0.145. The van der Waals surface area contributed by atoms with Crippen molar-refractivity contribution in [1.82, 2.24) is 0 Å². The van der Waals surface area contributed by atoms with Gasteiger partial charge < -0.3 is 19.5 Å². The van der Waals surface area contributed by atoms with Gasteiger partial charge in [0, 0.05) is 0 Å². The molecule has 2 aromatic rings. The summed E-state index contributed by atoms with van der Waals surface area (Å²) >= 11 is 2.00. The van der Waals surface area contributed by atoms with E-state index in [0.29, 0.717) is 27.2 Å². The smallest absolute Gasteiger partial charge is 0.344 e. The van der Waals surface area contributed by atoms with Crippen LogP contribution in [0, 0.1) is 20.7 Å². The first-order valence-corrected chi connectivity index (χ1v) is 10.4. The zero-order chi connectivity index (χ0) is 22.8. The fraction of sp³-hybridized carbons (Fsp3) is 0.227. The van der Waals surface area contributed by atoms with Crippen LogP contribution in [-0.2, 0) is 14.3 Å². The average Bonchev–Trinajstić information content (AvgIpc) is 2.73. The Kier molecular flexibility index (Phi) is 9.27. The summed E-state index contributed by atoms with van der Waals surface area (Å²) in [5, 5.41) is 11.8. The number of anilines is 1. The molecule has 0 radical (unpaired) electrons. The SMILES string of the molecule is CCOC(=O)COc1c(I)cc(/C=C(\C#N)C(=O)Nc2ccccc2F)cc1OCC. The number of para-hydroxylation sites is 1. The van der Waals surface area contributed by atoms with E-state index in [9.17, 15) is 19.2 Å². The van der Waals surface area contributed by atoms with Gasteiger partial charge in [-0.1, -0.05) is 12.1 Å². The average molecular weight is 538 g/mol. The van der Waals surface area contributed by atoms with Crippen LogP contribution < -0.4 is 14.8 Å². The van der Waals surface area contributed by atoms with Crippen LogP contribution in [0.2, 0.25) is 0 Å². The van der Waals surface area contributed by atoms with Crippen LogP contribution in [0.4, 0.5) is 10.1 Å². The molecule has 2 aromatic carbocycles. The van der Waals surface area contributed by atoms with E-state index in [4.69, 9.17) is 14.2 Å². The minimum atomic E-state index is -0.747. The van der Waals surface area contributed by atoms with Crippen LogP contribution in [0.1, 0.15) is 19.4 Å². The fourth-order valence-corrected chi connectivity index (χ4v) is 3.26. The number of rotatable bonds is 9. The normalized spacial score (nSPS) is 10.7. The Morgan fingerprint density at radius 1 is 1.19 bits per heavy atom. The number of carbonyl (C=O) groups excluding carboxylic acids is 2. The van der Waals surface area contributed by atoms with Crippen LogP contribution in [0.5, 0.6) is 11.5 Å². The van der Waals surface area contributed by atoms with Crippen molar-refractivity contribution in [3.8, 4) is 17.6 Å². The molecule has 0 aromatic heterocycles. The molecule has 0 fully saturated rings. The van der Waals surface area contributed by atoms with E-state index < -0.39 is 17.7 Å². The first-order chi connectivity index (χ1) is 14.9. The summed E-state index contributed by atoms with van der Waals surface area (Å²) in [6.45, 7) is 3.77. The quantitative estimate of drug-likeness (QED) is 0.221. The summed E-state index contributed by atoms with van der Waals surface area (Å²) in [5.41, 5.74) is 0.249. The van der Waals surface area contributed by atoms with Crippen molar-refractivity contribution in [3.63, 3.8) is 0 Å². The number of ether oxygens (including phenoxy) is 3. The second-order valence-corrected chi connectivity index (χ2v) is 7.12. The minimum absolute atomic E-state index is 0.0269. The van der Waals surface area contributed by atoms with Crippen LogP contribution >= 0.6 is 22.6 Å². The number of esters is 1. The molecule has 0 atom stereocenters. The van der Waals surface area contributed by atoms with Crippen molar-refractivity contribution in [2.24, 2.45) is 0 Å². The number of nitrogens with zero attached hydrogens (tertiary/aromatic N) is 1. The molecular weight excluding hydrogens is 518 g/mol. The van der Waals surface area contributed by atoms with Gasteiger partial charge in [0.15, 0.2) is 18.1 Å². The maximum absolute atomic E-state index is 13.8. The predicted molar refractivity (Wildman–Crippen MR) is 121 cm³/mol. The van der Waals surface area contributed by atoms with E-state index in [1.807, 2.05) is 28.7 Å². The van der Waals surface area contributed by atoms with Crippen LogP contribution in [0.25, 0.3) is 6.08 Å². The molecule has 0 aliphatic rings. The molecule has 1 N–H and O–H groups in total. The molecule has 0 aliphatic carbocycles. The molecule has 1 amide bonds. The molecule has 0 saturated heterocycles. The van der Waals surface area contributed by atoms with Crippen LogP contribution in [0.3, 0.4) is 0 Å². The number of nitrogens with one attached hydrogen (secondary N) is 1. The van der Waals surface area contributed by atoms with Gasteiger partial charge in [0.2, 0.25) is 0 Å². The van der Waals surface area contributed by atoms with E-state index >= 15 is 0 Å². The second kappa shape index (κ2) is 11.9. The molecule has 162 valence electrons. The van der Waals surface area contributed by atoms with Crippen molar-refractivity contribution >= 4 is 46.2 Å². The molecule has 2 rings (SSSR count). The van der Waals surface area contributed by atoms with E-state index in [2.05, 4.69) is 5.32 Å². The highest BCUT2D eigenvalue weighted by Crippen LogP contribution is 2.35. The van der Waals surface area contributed by atoms with Gasteiger partial charge in [-0.3, -0.25) is 4.79 Å². The zero-order valence-electron chi connectivity index (χ0n) is 16.9. The third-order valence-electron chi connectivity index (χ3n) is 3.77. The Morgan fingerprint density at radius 2 is 1.94 bits per heavy atom. The number of hydrogen-bond donors (Lipinski definition) is 1. The zero-order valence-corrected chi connectivity index (χ0v) is 19.1. The lowest BCUT2D eigenvalue weighted by atomic mass is 10.1. The van der Waals surface area contributed by atoms with Gasteiger partial charge in [0.1, 0.15) is 17.5 Å². The molecule has 7 nitrogen and oxygen atoms in total. The summed E-state index contributed by atoms with van der Waals surface area (Å²) in [5.74, 6) is -1.17. The van der Waals surface area contributed by atoms with Crippen molar-refractivity contribution in [3.05, 3.63) is 56.9 Å². The van der Waals surface area contributed by atoms with Gasteiger partial charge in [-0.05, 0) is 72.3 Å². The van der Waals surface area contributed by atoms with Gasteiger partial charge in [-0.15, -0.1) is 0 Å². The largest absolute Gasteiger partial charge is 0.490 e. The molecular formula is C22H20FIN2O5. The van der Waals surface area contributed by atoms with Crippen LogP contribution in [0.15, 0.2) is 42.0 Å². The van der Waals surface area contributed by atoms with Gasteiger partial charge in [0.25, 0.3) is 5.91 Å². The third-order valence-corrected chi connectivity index (χ3v) is 4.57. The van der Waals surface area contributed by atoms with E-state index in [0.717, 1.165) is 0 Å². The summed E-state index contributed by atoms with van der Waals surface area (Å²) < 4.78 is 30.4. The van der Waals surface area contributed by atoms with Crippen molar-refractivity contribution in [2.75, 3.05) is 25.1 Å². The lowest BCUT2D eigenvalue weighted by Gasteiger charge is -2.14. The number of halogens is 2. The Bertz CT molecular complexity index is 1030.